The topological polar surface area (TPSA) is 88.8 Å². The third-order valence-corrected chi connectivity index (χ3v) is 6.77. The Morgan fingerprint density at radius 1 is 1.15 bits per heavy atom. The van der Waals surface area contributed by atoms with Crippen LogP contribution in [-0.2, 0) is 0 Å². The number of thiazole rings is 1. The number of nitrogens with zero attached hydrogens (tertiary/aromatic N) is 6. The van der Waals surface area contributed by atoms with Crippen LogP contribution in [0.25, 0.3) is 21.7 Å². The highest BCUT2D eigenvalue weighted by molar-refractivity contribution is 7.22. The molecule has 8 nitrogen and oxygen atoms in total. The molecule has 0 bridgehead atoms. The van der Waals surface area contributed by atoms with Crippen molar-refractivity contribution >= 4 is 38.4 Å². The van der Waals surface area contributed by atoms with Crippen molar-refractivity contribution in [3.63, 3.8) is 0 Å². The van der Waals surface area contributed by atoms with Crippen molar-refractivity contribution in [2.24, 2.45) is 0 Å². The molecule has 0 saturated carbocycles. The molecular formula is C23H24FN7OS. The van der Waals surface area contributed by atoms with E-state index in [-0.39, 0.29) is 11.6 Å². The van der Waals surface area contributed by atoms with Crippen molar-refractivity contribution in [3.8, 4) is 11.5 Å². The van der Waals surface area contributed by atoms with Gasteiger partial charge in [0, 0.05) is 25.2 Å². The molecule has 1 saturated heterocycles. The third-order valence-electron chi connectivity index (χ3n) is 5.69. The van der Waals surface area contributed by atoms with Crippen molar-refractivity contribution in [3.05, 3.63) is 48.0 Å². The number of carbonyl (C=O) groups excluding carboxylic acids is 1. The summed E-state index contributed by atoms with van der Waals surface area (Å²) >= 11 is 1.49. The van der Waals surface area contributed by atoms with Crippen LogP contribution < -0.4 is 10.2 Å². The molecule has 4 aromatic rings. The van der Waals surface area contributed by atoms with Gasteiger partial charge in [0.2, 0.25) is 0 Å². The third kappa shape index (κ3) is 4.30. The molecular weight excluding hydrogens is 441 g/mol. The number of benzene rings is 1. The number of hydrogen-bond acceptors (Lipinski definition) is 7. The highest BCUT2D eigenvalue weighted by atomic mass is 32.1. The van der Waals surface area contributed by atoms with E-state index in [9.17, 15) is 9.18 Å². The number of fused-ring (bicyclic) bond motifs is 1. The zero-order valence-electron chi connectivity index (χ0n) is 18.5. The number of hydrogen-bond donors (Lipinski definition) is 1. The Morgan fingerprint density at radius 2 is 1.97 bits per heavy atom. The predicted molar refractivity (Wildman–Crippen MR) is 127 cm³/mol. The second kappa shape index (κ2) is 8.86. The fraction of sp³-hybridized carbons (Fsp3) is 0.348. The predicted octanol–water partition coefficient (Wildman–Crippen LogP) is 4.91. The molecule has 0 atom stereocenters. The Morgan fingerprint density at radius 3 is 2.76 bits per heavy atom. The molecule has 10 heteroatoms. The molecule has 1 aliphatic rings. The van der Waals surface area contributed by atoms with Gasteiger partial charge in [0.05, 0.1) is 15.8 Å². The number of anilines is 2. The lowest BCUT2D eigenvalue weighted by Crippen LogP contribution is -2.29. The van der Waals surface area contributed by atoms with Gasteiger partial charge in [-0.3, -0.25) is 4.79 Å². The number of rotatable bonds is 5. The molecule has 0 spiro atoms. The second-order valence-corrected chi connectivity index (χ2v) is 9.37. The van der Waals surface area contributed by atoms with E-state index in [4.69, 9.17) is 0 Å². The zero-order valence-corrected chi connectivity index (χ0v) is 19.3. The van der Waals surface area contributed by atoms with Crippen molar-refractivity contribution in [1.82, 2.24) is 24.7 Å². The fourth-order valence-corrected chi connectivity index (χ4v) is 4.99. The highest BCUT2D eigenvalue weighted by Crippen LogP contribution is 2.32. The monoisotopic (exact) mass is 465 g/mol. The number of nitrogens with one attached hydrogen (secondary N) is 1. The Bertz CT molecular complexity index is 1310. The van der Waals surface area contributed by atoms with Gasteiger partial charge < -0.3 is 14.8 Å². The van der Waals surface area contributed by atoms with E-state index < -0.39 is 11.7 Å². The van der Waals surface area contributed by atoms with Crippen LogP contribution in [0.4, 0.5) is 15.3 Å². The molecule has 5 rings (SSSR count). The molecule has 0 radical (unpaired) electrons. The van der Waals surface area contributed by atoms with Crippen LogP contribution in [0.5, 0.6) is 0 Å². The number of halogens is 1. The van der Waals surface area contributed by atoms with E-state index in [0.717, 1.165) is 35.8 Å². The minimum atomic E-state index is -0.605. The van der Waals surface area contributed by atoms with Crippen LogP contribution in [-0.4, -0.2) is 43.7 Å². The van der Waals surface area contributed by atoms with Crippen LogP contribution in [0.2, 0.25) is 0 Å². The minimum absolute atomic E-state index is 0.0334. The molecule has 1 aliphatic heterocycles. The lowest BCUT2D eigenvalue weighted by molar-refractivity contribution is 0.102. The van der Waals surface area contributed by atoms with Crippen LogP contribution in [0.15, 0.2) is 36.7 Å². The van der Waals surface area contributed by atoms with Gasteiger partial charge in [-0.1, -0.05) is 17.4 Å². The summed E-state index contributed by atoms with van der Waals surface area (Å²) in [4.78, 5) is 24.2. The molecule has 1 N–H and O–H groups in total. The summed E-state index contributed by atoms with van der Waals surface area (Å²) in [6.07, 6.45) is 5.14. The molecule has 1 aromatic carbocycles. The van der Waals surface area contributed by atoms with E-state index in [1.54, 1.807) is 30.6 Å². The van der Waals surface area contributed by atoms with Gasteiger partial charge in [0.15, 0.2) is 11.0 Å². The number of pyridine rings is 1. The maximum Gasteiger partial charge on any atom is 0.259 e. The van der Waals surface area contributed by atoms with Gasteiger partial charge in [-0.2, -0.15) is 0 Å². The van der Waals surface area contributed by atoms with Crippen LogP contribution in [0.1, 0.15) is 49.5 Å². The molecule has 0 unspecified atom stereocenters. The maximum absolute atomic E-state index is 14.8. The normalized spacial score (nSPS) is 14.2. The standard InChI is InChI=1S/C23H24FN7OS/c1-14(2)31-13-25-29-21(31)17-7-6-8-20(26-17)28-22(32)15-11-19-18(12-16(15)24)27-23(33-19)30-9-4-3-5-10-30/h6-8,11-14H,3-5,9-10H2,1-2H3,(H,26,28,32). The van der Waals surface area contributed by atoms with Gasteiger partial charge in [0.1, 0.15) is 23.7 Å². The van der Waals surface area contributed by atoms with Gasteiger partial charge in [-0.25, -0.2) is 14.4 Å². The zero-order chi connectivity index (χ0) is 22.9. The first kappa shape index (κ1) is 21.4. The van der Waals surface area contributed by atoms with Gasteiger partial charge in [-0.05, 0) is 51.3 Å². The molecule has 0 aliphatic carbocycles. The molecule has 33 heavy (non-hydrogen) atoms. The summed E-state index contributed by atoms with van der Waals surface area (Å²) in [5, 5.41) is 11.7. The van der Waals surface area contributed by atoms with Crippen molar-refractivity contribution in [1.29, 1.82) is 0 Å². The first-order valence-electron chi connectivity index (χ1n) is 11.0. The Kier molecular flexibility index (Phi) is 5.76. The maximum atomic E-state index is 14.8. The smallest absolute Gasteiger partial charge is 0.259 e. The summed E-state index contributed by atoms with van der Waals surface area (Å²) in [6.45, 7) is 5.96. The fourth-order valence-electron chi connectivity index (χ4n) is 3.95. The number of piperidine rings is 1. The van der Waals surface area contributed by atoms with Crippen LogP contribution >= 0.6 is 11.3 Å². The van der Waals surface area contributed by atoms with Gasteiger partial charge >= 0.3 is 0 Å². The van der Waals surface area contributed by atoms with E-state index in [1.165, 1.54) is 23.8 Å². The van der Waals surface area contributed by atoms with E-state index in [1.807, 2.05) is 18.4 Å². The quantitative estimate of drug-likeness (QED) is 0.450. The number of amides is 1. The minimum Gasteiger partial charge on any atom is -0.348 e. The summed E-state index contributed by atoms with van der Waals surface area (Å²) in [5.41, 5.74) is 1.11. The van der Waals surface area contributed by atoms with Crippen LogP contribution in [0, 0.1) is 5.82 Å². The Balaban J connectivity index is 1.40. The molecule has 170 valence electrons. The summed E-state index contributed by atoms with van der Waals surface area (Å²) in [7, 11) is 0. The summed E-state index contributed by atoms with van der Waals surface area (Å²) < 4.78 is 17.5. The van der Waals surface area contributed by atoms with E-state index in [0.29, 0.717) is 22.9 Å². The lowest BCUT2D eigenvalue weighted by atomic mass is 10.1. The Labute approximate surface area is 194 Å². The number of carbonyl (C=O) groups is 1. The number of aromatic nitrogens is 5. The molecule has 1 fully saturated rings. The highest BCUT2D eigenvalue weighted by Gasteiger charge is 2.20. The Hall–Kier alpha value is -3.40. The summed E-state index contributed by atoms with van der Waals surface area (Å²) in [5.74, 6) is -0.249. The average Bonchev–Trinajstić information content (AvgIpc) is 3.46. The summed E-state index contributed by atoms with van der Waals surface area (Å²) in [6, 6.07) is 8.29. The molecule has 4 heterocycles. The van der Waals surface area contributed by atoms with E-state index in [2.05, 4.69) is 30.4 Å². The lowest BCUT2D eigenvalue weighted by Gasteiger charge is -2.25. The van der Waals surface area contributed by atoms with Crippen LogP contribution in [0.3, 0.4) is 0 Å². The average molecular weight is 466 g/mol. The van der Waals surface area contributed by atoms with Crippen molar-refractivity contribution < 1.29 is 9.18 Å². The van der Waals surface area contributed by atoms with Gasteiger partial charge in [-0.15, -0.1) is 10.2 Å². The molecule has 1 amide bonds. The second-order valence-electron chi connectivity index (χ2n) is 8.36. The van der Waals surface area contributed by atoms with Crippen molar-refractivity contribution in [2.75, 3.05) is 23.3 Å². The van der Waals surface area contributed by atoms with Crippen molar-refractivity contribution in [2.45, 2.75) is 39.2 Å². The first-order valence-corrected chi connectivity index (χ1v) is 11.8. The molecule has 3 aromatic heterocycles. The first-order chi connectivity index (χ1) is 16.0. The van der Waals surface area contributed by atoms with Gasteiger partial charge in [0.25, 0.3) is 5.91 Å². The largest absolute Gasteiger partial charge is 0.348 e. The van der Waals surface area contributed by atoms with E-state index >= 15 is 0 Å². The SMILES string of the molecule is CC(C)n1cnnc1-c1cccc(NC(=O)c2cc3sc(N4CCCCC4)nc3cc2F)n1.